The van der Waals surface area contributed by atoms with E-state index in [2.05, 4.69) is 40.9 Å². The van der Waals surface area contributed by atoms with Gasteiger partial charge in [-0.05, 0) is 116 Å². The van der Waals surface area contributed by atoms with Gasteiger partial charge in [0.2, 0.25) is 0 Å². The van der Waals surface area contributed by atoms with Crippen molar-refractivity contribution >= 4 is 0 Å². The van der Waals surface area contributed by atoms with Crippen LogP contribution >= 0.6 is 0 Å². The molecule has 0 spiro atoms. The van der Waals surface area contributed by atoms with Gasteiger partial charge in [0.1, 0.15) is 0 Å². The van der Waals surface area contributed by atoms with Crippen molar-refractivity contribution in [3.05, 3.63) is 0 Å². The fourth-order valence-corrected chi connectivity index (χ4v) is 5.42. The maximum atomic E-state index is 3.45. The van der Waals surface area contributed by atoms with Gasteiger partial charge in [-0.15, -0.1) is 0 Å². The summed E-state index contributed by atoms with van der Waals surface area (Å²) in [5.74, 6) is 1.85. The predicted octanol–water partition coefficient (Wildman–Crippen LogP) is 2.89. The van der Waals surface area contributed by atoms with E-state index in [1.54, 1.807) is 0 Å². The predicted molar refractivity (Wildman–Crippen MR) is 112 cm³/mol. The van der Waals surface area contributed by atoms with E-state index in [4.69, 9.17) is 0 Å². The molecule has 3 rings (SSSR count). The number of nitrogens with one attached hydrogen (secondary N) is 1. The van der Waals surface area contributed by atoms with Crippen LogP contribution in [0.4, 0.5) is 0 Å². The van der Waals surface area contributed by atoms with Gasteiger partial charge in [-0.2, -0.15) is 0 Å². The number of rotatable bonds is 7. The van der Waals surface area contributed by atoms with Crippen molar-refractivity contribution in [1.29, 1.82) is 0 Å². The first kappa shape index (κ1) is 20.6. The van der Waals surface area contributed by atoms with Crippen molar-refractivity contribution in [2.45, 2.75) is 70.9 Å². The molecule has 4 heteroatoms. The summed E-state index contributed by atoms with van der Waals surface area (Å²) < 4.78 is 0. The van der Waals surface area contributed by atoms with Gasteiger partial charge in [0.15, 0.2) is 0 Å². The molecule has 1 N–H and O–H groups in total. The van der Waals surface area contributed by atoms with E-state index in [1.807, 2.05) is 0 Å². The minimum Gasteiger partial charge on any atom is -0.317 e. The first-order valence-corrected chi connectivity index (χ1v) is 11.5. The van der Waals surface area contributed by atoms with Gasteiger partial charge in [0.05, 0.1) is 0 Å². The lowest BCUT2D eigenvalue weighted by Gasteiger charge is -2.42. The fourth-order valence-electron chi connectivity index (χ4n) is 5.42. The average Bonchev–Trinajstić information content (AvgIpc) is 2.69. The quantitative estimate of drug-likeness (QED) is 0.750. The van der Waals surface area contributed by atoms with Crippen molar-refractivity contribution < 1.29 is 0 Å². The Hall–Kier alpha value is -0.160. The highest BCUT2D eigenvalue weighted by Crippen LogP contribution is 2.25. The molecule has 0 aromatic carbocycles. The lowest BCUT2D eigenvalue weighted by atomic mass is 9.87. The number of hydrogen-bond donors (Lipinski definition) is 1. The smallest absolute Gasteiger partial charge is 0.0120 e. The summed E-state index contributed by atoms with van der Waals surface area (Å²) in [4.78, 5) is 8.24. The summed E-state index contributed by atoms with van der Waals surface area (Å²) in [6, 6.07) is 1.62. The first-order valence-electron chi connectivity index (χ1n) is 11.5. The molecule has 3 saturated heterocycles. The second kappa shape index (κ2) is 10.4. The Morgan fingerprint density at radius 1 is 0.769 bits per heavy atom. The van der Waals surface area contributed by atoms with Crippen molar-refractivity contribution in [2.75, 3.05) is 59.4 Å². The average molecular weight is 365 g/mol. The zero-order valence-corrected chi connectivity index (χ0v) is 17.8. The van der Waals surface area contributed by atoms with Crippen LogP contribution in [0.2, 0.25) is 0 Å². The molecule has 26 heavy (non-hydrogen) atoms. The Labute approximate surface area is 162 Å². The molecule has 3 aliphatic heterocycles. The largest absolute Gasteiger partial charge is 0.317 e. The molecule has 0 unspecified atom stereocenters. The second-order valence-corrected chi connectivity index (χ2v) is 9.45. The van der Waals surface area contributed by atoms with Crippen molar-refractivity contribution in [2.24, 2.45) is 11.8 Å². The molecule has 0 amide bonds. The molecular formula is C22H44N4. The Balaban J connectivity index is 1.26. The van der Waals surface area contributed by atoms with Gasteiger partial charge in [-0.3, -0.25) is 0 Å². The Morgan fingerprint density at radius 2 is 1.31 bits per heavy atom. The third kappa shape index (κ3) is 5.92. The minimum atomic E-state index is 0.761. The lowest BCUT2D eigenvalue weighted by Crippen LogP contribution is -2.50. The molecule has 0 saturated carbocycles. The number of piperidine rings is 3. The molecule has 3 fully saturated rings. The SMILES string of the molecule is CNC1CCN(C2CCN(CCCN3CCC(C(C)C)CC3)CC2)CC1. The van der Waals surface area contributed by atoms with E-state index >= 15 is 0 Å². The minimum absolute atomic E-state index is 0.761. The topological polar surface area (TPSA) is 21.8 Å². The highest BCUT2D eigenvalue weighted by atomic mass is 15.2. The van der Waals surface area contributed by atoms with Gasteiger partial charge in [-0.25, -0.2) is 0 Å². The molecule has 0 bridgehead atoms. The van der Waals surface area contributed by atoms with Crippen LogP contribution in [0.15, 0.2) is 0 Å². The highest BCUT2D eigenvalue weighted by molar-refractivity contribution is 4.85. The van der Waals surface area contributed by atoms with E-state index in [1.165, 1.54) is 97.3 Å². The van der Waals surface area contributed by atoms with Gasteiger partial charge in [0, 0.05) is 12.1 Å². The Morgan fingerprint density at radius 3 is 1.81 bits per heavy atom. The van der Waals surface area contributed by atoms with Crippen molar-refractivity contribution in [1.82, 2.24) is 20.0 Å². The Bertz CT molecular complexity index is 376. The molecule has 0 radical (unpaired) electrons. The van der Waals surface area contributed by atoms with Crippen LogP contribution in [-0.2, 0) is 0 Å². The highest BCUT2D eigenvalue weighted by Gasteiger charge is 2.27. The van der Waals surface area contributed by atoms with Gasteiger partial charge in [0.25, 0.3) is 0 Å². The van der Waals surface area contributed by atoms with Crippen LogP contribution in [0.1, 0.15) is 58.8 Å². The van der Waals surface area contributed by atoms with Crippen LogP contribution in [0.3, 0.4) is 0 Å². The third-order valence-corrected chi connectivity index (χ3v) is 7.54. The number of nitrogens with zero attached hydrogens (tertiary/aromatic N) is 3. The van der Waals surface area contributed by atoms with Crippen molar-refractivity contribution in [3.63, 3.8) is 0 Å². The lowest BCUT2D eigenvalue weighted by molar-refractivity contribution is 0.0813. The van der Waals surface area contributed by atoms with E-state index in [0.29, 0.717) is 0 Å². The molecule has 152 valence electrons. The van der Waals surface area contributed by atoms with Gasteiger partial charge < -0.3 is 20.0 Å². The van der Waals surface area contributed by atoms with Crippen LogP contribution in [-0.4, -0.2) is 86.2 Å². The molecular weight excluding hydrogens is 320 g/mol. The van der Waals surface area contributed by atoms with E-state index in [-0.39, 0.29) is 0 Å². The molecule has 3 aliphatic rings. The maximum Gasteiger partial charge on any atom is 0.0120 e. The summed E-state index contributed by atoms with van der Waals surface area (Å²) in [6.45, 7) is 15.4. The molecule has 0 aromatic rings. The molecule has 4 nitrogen and oxygen atoms in total. The van der Waals surface area contributed by atoms with Crippen LogP contribution in [0, 0.1) is 11.8 Å². The van der Waals surface area contributed by atoms with Crippen molar-refractivity contribution in [3.8, 4) is 0 Å². The third-order valence-electron chi connectivity index (χ3n) is 7.54. The maximum absolute atomic E-state index is 3.45. The van der Waals surface area contributed by atoms with Gasteiger partial charge >= 0.3 is 0 Å². The van der Waals surface area contributed by atoms with Crippen LogP contribution < -0.4 is 5.32 Å². The number of hydrogen-bond acceptors (Lipinski definition) is 4. The van der Waals surface area contributed by atoms with Gasteiger partial charge in [-0.1, -0.05) is 13.8 Å². The molecule has 3 heterocycles. The first-order chi connectivity index (χ1) is 12.7. The summed E-state index contributed by atoms with van der Waals surface area (Å²) in [5.41, 5.74) is 0. The molecule has 0 aromatic heterocycles. The van der Waals surface area contributed by atoms with E-state index < -0.39 is 0 Å². The summed E-state index contributed by atoms with van der Waals surface area (Å²) in [6.07, 6.45) is 9.67. The number of likely N-dealkylation sites (tertiary alicyclic amines) is 3. The monoisotopic (exact) mass is 364 g/mol. The Kier molecular flexibility index (Phi) is 8.23. The zero-order valence-electron chi connectivity index (χ0n) is 17.8. The van der Waals surface area contributed by atoms with Crippen LogP contribution in [0.5, 0.6) is 0 Å². The summed E-state index contributed by atoms with van der Waals surface area (Å²) in [7, 11) is 2.12. The van der Waals surface area contributed by atoms with E-state index in [9.17, 15) is 0 Å². The molecule has 0 atom stereocenters. The van der Waals surface area contributed by atoms with E-state index in [0.717, 1.165) is 23.9 Å². The summed E-state index contributed by atoms with van der Waals surface area (Å²) in [5, 5.41) is 3.45. The fraction of sp³-hybridized carbons (Fsp3) is 1.00. The van der Waals surface area contributed by atoms with Crippen LogP contribution in [0.25, 0.3) is 0 Å². The molecule has 0 aliphatic carbocycles. The standard InChI is InChI=1S/C22H44N4/c1-19(2)20-5-13-24(14-6-20)11-4-12-25-15-9-22(10-16-25)26-17-7-21(23-3)8-18-26/h19-23H,4-18H2,1-3H3. The summed E-state index contributed by atoms with van der Waals surface area (Å²) >= 11 is 0. The normalized spacial score (nSPS) is 26.8. The zero-order chi connectivity index (χ0) is 18.4. The second-order valence-electron chi connectivity index (χ2n) is 9.45.